The molecule has 0 aromatic heterocycles. The summed E-state index contributed by atoms with van der Waals surface area (Å²) in [5.41, 5.74) is 15.7. The smallest absolute Gasteiger partial charge is 0.128 e. The average molecular weight is 286 g/mol. The molecule has 0 radical (unpaired) electrons. The molecule has 0 unspecified atom stereocenters. The molecule has 0 bridgehead atoms. The van der Waals surface area contributed by atoms with Crippen LogP contribution in [-0.2, 0) is 25.7 Å². The molecule has 0 atom stereocenters. The van der Waals surface area contributed by atoms with E-state index in [0.29, 0.717) is 24.2 Å². The minimum atomic E-state index is -0.238. The molecule has 2 nitrogen and oxygen atoms in total. The highest BCUT2D eigenvalue weighted by Gasteiger charge is 2.44. The van der Waals surface area contributed by atoms with Gasteiger partial charge in [0.15, 0.2) is 0 Å². The normalized spacial score (nSPS) is 18.0. The molecule has 0 amide bonds. The van der Waals surface area contributed by atoms with Crippen LogP contribution in [-0.4, -0.2) is 0 Å². The Morgan fingerprint density at radius 3 is 1.57 bits per heavy atom. The van der Waals surface area contributed by atoms with Crippen molar-refractivity contribution in [2.45, 2.75) is 25.7 Å². The number of anilines is 2. The van der Waals surface area contributed by atoms with Gasteiger partial charge in [-0.3, -0.25) is 0 Å². The van der Waals surface area contributed by atoms with Crippen molar-refractivity contribution < 1.29 is 8.78 Å². The zero-order chi connectivity index (χ0) is 14.8. The van der Waals surface area contributed by atoms with E-state index in [9.17, 15) is 8.78 Å². The molecule has 0 heterocycles. The maximum Gasteiger partial charge on any atom is 0.128 e. The van der Waals surface area contributed by atoms with Crippen LogP contribution in [0.25, 0.3) is 0 Å². The predicted octanol–water partition coefficient (Wildman–Crippen LogP) is 3.01. The van der Waals surface area contributed by atoms with Crippen LogP contribution in [0.4, 0.5) is 20.2 Å². The molecule has 2 aromatic carbocycles. The van der Waals surface area contributed by atoms with Crippen molar-refractivity contribution in [3.63, 3.8) is 0 Å². The van der Waals surface area contributed by atoms with Crippen molar-refractivity contribution in [3.05, 3.63) is 58.2 Å². The summed E-state index contributed by atoms with van der Waals surface area (Å²) >= 11 is 0. The lowest BCUT2D eigenvalue weighted by Crippen LogP contribution is -2.21. The second-order valence-electron chi connectivity index (χ2n) is 6.49. The topological polar surface area (TPSA) is 52.0 Å². The molecule has 0 aliphatic heterocycles. The lowest BCUT2D eigenvalue weighted by atomic mass is 9.82. The van der Waals surface area contributed by atoms with Gasteiger partial charge >= 0.3 is 0 Å². The van der Waals surface area contributed by atoms with Gasteiger partial charge in [-0.1, -0.05) is 0 Å². The monoisotopic (exact) mass is 286 g/mol. The van der Waals surface area contributed by atoms with Gasteiger partial charge in [0.2, 0.25) is 0 Å². The summed E-state index contributed by atoms with van der Waals surface area (Å²) < 4.78 is 28.2. The van der Waals surface area contributed by atoms with Gasteiger partial charge < -0.3 is 11.5 Å². The molecule has 2 aromatic rings. The molecular formula is C17H16F2N2. The fourth-order valence-electron chi connectivity index (χ4n) is 4.08. The highest BCUT2D eigenvalue weighted by Crippen LogP contribution is 2.49. The number of halogens is 2. The number of benzene rings is 2. The fraction of sp³-hybridized carbons (Fsp3) is 0.294. The van der Waals surface area contributed by atoms with E-state index in [-0.39, 0.29) is 17.0 Å². The number of nitrogen functional groups attached to an aromatic ring is 2. The summed E-state index contributed by atoms with van der Waals surface area (Å²) in [4.78, 5) is 0. The molecule has 0 fully saturated rings. The Kier molecular flexibility index (Phi) is 2.39. The highest BCUT2D eigenvalue weighted by atomic mass is 19.1. The Labute approximate surface area is 121 Å². The van der Waals surface area contributed by atoms with E-state index in [1.54, 1.807) is 0 Å². The largest absolute Gasteiger partial charge is 0.399 e. The van der Waals surface area contributed by atoms with Crippen molar-refractivity contribution in [2.75, 3.05) is 11.5 Å². The molecule has 4 rings (SSSR count). The van der Waals surface area contributed by atoms with Gasteiger partial charge in [-0.15, -0.1) is 0 Å². The van der Waals surface area contributed by atoms with Gasteiger partial charge in [0, 0.05) is 11.4 Å². The SMILES string of the molecule is Nc1cc(F)c2c(c1)CC1(Cc3cc(N)cc(F)c3C1)C2. The van der Waals surface area contributed by atoms with Gasteiger partial charge in [0.25, 0.3) is 0 Å². The second kappa shape index (κ2) is 3.97. The fourth-order valence-corrected chi connectivity index (χ4v) is 4.08. The summed E-state index contributed by atoms with van der Waals surface area (Å²) in [6.07, 6.45) is 2.78. The number of rotatable bonds is 0. The van der Waals surface area contributed by atoms with Crippen molar-refractivity contribution in [1.82, 2.24) is 0 Å². The average Bonchev–Trinajstić information content (AvgIpc) is 2.90. The van der Waals surface area contributed by atoms with Crippen LogP contribution in [0, 0.1) is 17.0 Å². The van der Waals surface area contributed by atoms with Gasteiger partial charge in [0.05, 0.1) is 0 Å². The Balaban J connectivity index is 1.75. The lowest BCUT2D eigenvalue weighted by molar-refractivity contribution is 0.322. The van der Waals surface area contributed by atoms with E-state index in [2.05, 4.69) is 0 Å². The van der Waals surface area contributed by atoms with E-state index in [4.69, 9.17) is 11.5 Å². The van der Waals surface area contributed by atoms with Gasteiger partial charge in [-0.2, -0.15) is 0 Å². The highest BCUT2D eigenvalue weighted by molar-refractivity contribution is 5.53. The Morgan fingerprint density at radius 2 is 1.14 bits per heavy atom. The van der Waals surface area contributed by atoms with Crippen molar-refractivity contribution >= 4 is 11.4 Å². The molecule has 0 saturated carbocycles. The molecule has 4 N–H and O–H groups in total. The van der Waals surface area contributed by atoms with Crippen LogP contribution >= 0.6 is 0 Å². The first-order chi connectivity index (χ1) is 9.96. The Hall–Kier alpha value is -2.10. The van der Waals surface area contributed by atoms with E-state index in [1.165, 1.54) is 12.1 Å². The molecule has 108 valence electrons. The molecule has 2 aliphatic carbocycles. The number of hydrogen-bond donors (Lipinski definition) is 2. The van der Waals surface area contributed by atoms with Crippen molar-refractivity contribution in [2.24, 2.45) is 5.41 Å². The van der Waals surface area contributed by atoms with Crippen LogP contribution < -0.4 is 11.5 Å². The van der Waals surface area contributed by atoms with Gasteiger partial charge in [-0.25, -0.2) is 8.78 Å². The first kappa shape index (κ1) is 12.6. The van der Waals surface area contributed by atoms with Crippen molar-refractivity contribution in [1.29, 1.82) is 0 Å². The van der Waals surface area contributed by atoms with Crippen LogP contribution in [0.3, 0.4) is 0 Å². The lowest BCUT2D eigenvalue weighted by Gasteiger charge is -2.21. The van der Waals surface area contributed by atoms with Crippen LogP contribution in [0.1, 0.15) is 22.3 Å². The molecule has 2 aliphatic rings. The zero-order valence-electron chi connectivity index (χ0n) is 11.5. The van der Waals surface area contributed by atoms with Crippen molar-refractivity contribution in [3.8, 4) is 0 Å². The molecular weight excluding hydrogens is 270 g/mol. The van der Waals surface area contributed by atoms with Crippen LogP contribution in [0.2, 0.25) is 0 Å². The minimum absolute atomic E-state index is 0.117. The zero-order valence-corrected chi connectivity index (χ0v) is 11.5. The summed E-state index contributed by atoms with van der Waals surface area (Å²) in [7, 11) is 0. The number of fused-ring (bicyclic) bond motifs is 2. The number of nitrogens with two attached hydrogens (primary N) is 2. The first-order valence-electron chi connectivity index (χ1n) is 7.09. The maximum absolute atomic E-state index is 14.1. The third kappa shape index (κ3) is 1.82. The van der Waals surface area contributed by atoms with E-state index in [0.717, 1.165) is 35.1 Å². The summed E-state index contributed by atoms with van der Waals surface area (Å²) in [5.74, 6) is -0.476. The van der Waals surface area contributed by atoms with Gasteiger partial charge in [-0.05, 0) is 77.6 Å². The Bertz CT molecular complexity index is 702. The Morgan fingerprint density at radius 1 is 0.714 bits per heavy atom. The molecule has 0 saturated heterocycles. The van der Waals surface area contributed by atoms with Crippen LogP contribution in [0.5, 0.6) is 0 Å². The summed E-state index contributed by atoms with van der Waals surface area (Å²) in [6.45, 7) is 0. The first-order valence-corrected chi connectivity index (χ1v) is 7.09. The molecule has 4 heteroatoms. The molecule has 21 heavy (non-hydrogen) atoms. The second-order valence-corrected chi connectivity index (χ2v) is 6.49. The third-order valence-electron chi connectivity index (χ3n) is 4.85. The van der Waals surface area contributed by atoms with E-state index < -0.39 is 0 Å². The predicted molar refractivity (Wildman–Crippen MR) is 78.9 cm³/mol. The number of hydrogen-bond acceptors (Lipinski definition) is 2. The maximum atomic E-state index is 14.1. The standard InChI is InChI=1S/C17H16F2N2/c18-15-3-11(20)1-9-5-17(7-13(9)15)6-10-2-12(21)4-16(19)14(10)8-17/h1-4H,5-8,20-21H2. The quantitative estimate of drug-likeness (QED) is 0.731. The van der Waals surface area contributed by atoms with E-state index >= 15 is 0 Å². The molecule has 1 spiro atoms. The van der Waals surface area contributed by atoms with Gasteiger partial charge in [0.1, 0.15) is 11.6 Å². The minimum Gasteiger partial charge on any atom is -0.399 e. The summed E-state index contributed by atoms with van der Waals surface area (Å²) in [5, 5.41) is 0. The third-order valence-corrected chi connectivity index (χ3v) is 4.85. The van der Waals surface area contributed by atoms with Crippen LogP contribution in [0.15, 0.2) is 24.3 Å². The van der Waals surface area contributed by atoms with E-state index in [1.807, 2.05) is 12.1 Å². The summed E-state index contributed by atoms with van der Waals surface area (Å²) in [6, 6.07) is 6.44.